The highest BCUT2D eigenvalue weighted by Crippen LogP contribution is 2.34. The lowest BCUT2D eigenvalue weighted by molar-refractivity contribution is 0.0746. The highest BCUT2D eigenvalue weighted by molar-refractivity contribution is 5.95. The zero-order valence-electron chi connectivity index (χ0n) is 18.3. The van der Waals surface area contributed by atoms with E-state index in [9.17, 15) is 4.79 Å². The number of amides is 1. The van der Waals surface area contributed by atoms with Gasteiger partial charge in [-0.25, -0.2) is 4.98 Å². The van der Waals surface area contributed by atoms with Crippen LogP contribution in [0.15, 0.2) is 30.3 Å². The number of hydrogen-bond donors (Lipinski definition) is 1. The molecule has 4 rings (SSSR count). The Hall–Kier alpha value is -3.55. The summed E-state index contributed by atoms with van der Waals surface area (Å²) in [5.74, 6) is 2.16. The zero-order valence-corrected chi connectivity index (χ0v) is 18.3. The van der Waals surface area contributed by atoms with Crippen LogP contribution < -0.4 is 20.1 Å². The van der Waals surface area contributed by atoms with E-state index in [0.717, 1.165) is 16.7 Å². The van der Waals surface area contributed by atoms with Crippen LogP contribution in [0, 0.1) is 13.8 Å². The number of hydrogen-bond acceptors (Lipinski definition) is 7. The topological polar surface area (TPSA) is 93.8 Å². The minimum absolute atomic E-state index is 0.0576. The smallest absolute Gasteiger partial charge is 0.253 e. The summed E-state index contributed by atoms with van der Waals surface area (Å²) in [5, 5.41) is 0.713. The van der Waals surface area contributed by atoms with Crippen molar-refractivity contribution in [2.24, 2.45) is 0 Å². The number of carbonyl (C=O) groups is 1. The fourth-order valence-corrected chi connectivity index (χ4v) is 4.00. The van der Waals surface area contributed by atoms with Gasteiger partial charge >= 0.3 is 0 Å². The monoisotopic (exact) mass is 421 g/mol. The molecule has 2 N–H and O–H groups in total. The third-order valence-corrected chi connectivity index (χ3v) is 5.54. The maximum atomic E-state index is 12.9. The molecule has 0 radical (unpaired) electrons. The van der Waals surface area contributed by atoms with E-state index in [1.165, 1.54) is 0 Å². The molecule has 0 spiro atoms. The van der Waals surface area contributed by atoms with Crippen molar-refractivity contribution in [3.8, 4) is 11.5 Å². The zero-order chi connectivity index (χ0) is 22.1. The van der Waals surface area contributed by atoms with Gasteiger partial charge in [0.15, 0.2) is 11.5 Å². The van der Waals surface area contributed by atoms with Crippen molar-refractivity contribution in [2.75, 3.05) is 51.0 Å². The highest BCUT2D eigenvalue weighted by Gasteiger charge is 2.24. The second-order valence-corrected chi connectivity index (χ2v) is 7.79. The van der Waals surface area contributed by atoms with Crippen LogP contribution in [0.1, 0.15) is 21.5 Å². The summed E-state index contributed by atoms with van der Waals surface area (Å²) in [4.78, 5) is 26.1. The summed E-state index contributed by atoms with van der Waals surface area (Å²) in [5.41, 5.74) is 9.83. The minimum Gasteiger partial charge on any atom is -0.493 e. The number of anilines is 2. The molecule has 162 valence electrons. The molecule has 8 nitrogen and oxygen atoms in total. The van der Waals surface area contributed by atoms with Gasteiger partial charge in [0.25, 0.3) is 5.91 Å². The van der Waals surface area contributed by atoms with Crippen molar-refractivity contribution >= 4 is 28.6 Å². The van der Waals surface area contributed by atoms with Gasteiger partial charge in [0, 0.05) is 43.2 Å². The van der Waals surface area contributed by atoms with Crippen molar-refractivity contribution in [3.63, 3.8) is 0 Å². The highest BCUT2D eigenvalue weighted by atomic mass is 16.5. The molecule has 1 aliphatic rings. The van der Waals surface area contributed by atoms with E-state index < -0.39 is 0 Å². The molecule has 8 heteroatoms. The number of fused-ring (bicyclic) bond motifs is 1. The minimum atomic E-state index is 0.0576. The Balaban J connectivity index is 1.53. The van der Waals surface area contributed by atoms with Crippen molar-refractivity contribution in [1.29, 1.82) is 0 Å². The molecule has 0 unspecified atom stereocenters. The van der Waals surface area contributed by atoms with Gasteiger partial charge in [-0.15, -0.1) is 0 Å². The first kappa shape index (κ1) is 20.7. The number of aryl methyl sites for hydroxylation is 2. The standard InChI is InChI=1S/C23H27N5O3/c1-14-9-15(2)11-16(10-14)22(29)27-5-7-28(8-6-27)23-25-18-13-20(31-4)19(30-3)12-17(18)21(24)26-23/h9-13H,5-8H2,1-4H3,(H2,24,25,26). The Bertz CT molecular complexity index is 1120. The van der Waals surface area contributed by atoms with Gasteiger partial charge in [-0.2, -0.15) is 4.98 Å². The first-order chi connectivity index (χ1) is 14.9. The first-order valence-corrected chi connectivity index (χ1v) is 10.2. The number of nitrogens with two attached hydrogens (primary N) is 1. The van der Waals surface area contributed by atoms with E-state index in [1.807, 2.05) is 30.9 Å². The summed E-state index contributed by atoms with van der Waals surface area (Å²) in [6.07, 6.45) is 0. The number of methoxy groups -OCH3 is 2. The molecular weight excluding hydrogens is 394 g/mol. The number of nitrogen functional groups attached to an aromatic ring is 1. The summed E-state index contributed by atoms with van der Waals surface area (Å²) in [6.45, 7) is 6.48. The lowest BCUT2D eigenvalue weighted by Gasteiger charge is -2.35. The molecule has 2 heterocycles. The molecule has 1 amide bonds. The fraction of sp³-hybridized carbons (Fsp3) is 0.348. The molecule has 0 bridgehead atoms. The molecule has 3 aromatic rings. The predicted octanol–water partition coefficient (Wildman–Crippen LogP) is 2.81. The van der Waals surface area contributed by atoms with Crippen LogP contribution in [0.3, 0.4) is 0 Å². The number of nitrogens with zero attached hydrogens (tertiary/aromatic N) is 4. The first-order valence-electron chi connectivity index (χ1n) is 10.2. The van der Waals surface area contributed by atoms with Crippen LogP contribution in [0.5, 0.6) is 11.5 Å². The SMILES string of the molecule is COc1cc2nc(N3CCN(C(=O)c4cc(C)cc(C)c4)CC3)nc(N)c2cc1OC. The summed E-state index contributed by atoms with van der Waals surface area (Å²) in [7, 11) is 3.16. The Morgan fingerprint density at radius 2 is 1.52 bits per heavy atom. The molecular formula is C23H27N5O3. The molecule has 0 saturated carbocycles. The van der Waals surface area contributed by atoms with Crippen molar-refractivity contribution in [2.45, 2.75) is 13.8 Å². The number of benzene rings is 2. The van der Waals surface area contributed by atoms with E-state index in [4.69, 9.17) is 20.2 Å². The van der Waals surface area contributed by atoms with Crippen LogP contribution in [0.4, 0.5) is 11.8 Å². The van der Waals surface area contributed by atoms with Gasteiger partial charge in [-0.1, -0.05) is 17.2 Å². The van der Waals surface area contributed by atoms with E-state index >= 15 is 0 Å². The second kappa shape index (κ2) is 8.29. The number of piperazine rings is 1. The molecule has 0 atom stereocenters. The number of aromatic nitrogens is 2. The van der Waals surface area contributed by atoms with Gasteiger partial charge in [0.2, 0.25) is 5.95 Å². The van der Waals surface area contributed by atoms with Gasteiger partial charge in [-0.3, -0.25) is 4.79 Å². The van der Waals surface area contributed by atoms with Crippen LogP contribution in [-0.2, 0) is 0 Å². The maximum absolute atomic E-state index is 12.9. The Labute approximate surface area is 181 Å². The van der Waals surface area contributed by atoms with Crippen molar-refractivity contribution in [1.82, 2.24) is 14.9 Å². The largest absolute Gasteiger partial charge is 0.493 e. The summed E-state index contributed by atoms with van der Waals surface area (Å²) < 4.78 is 10.7. The maximum Gasteiger partial charge on any atom is 0.253 e. The third kappa shape index (κ3) is 4.05. The fourth-order valence-electron chi connectivity index (χ4n) is 4.00. The van der Waals surface area contributed by atoms with Crippen molar-refractivity contribution in [3.05, 3.63) is 47.0 Å². The normalized spacial score (nSPS) is 14.1. The lowest BCUT2D eigenvalue weighted by atomic mass is 10.1. The van der Waals surface area contributed by atoms with E-state index in [2.05, 4.69) is 16.0 Å². The number of rotatable bonds is 4. The Morgan fingerprint density at radius 1 is 0.903 bits per heavy atom. The molecule has 1 aromatic heterocycles. The van der Waals surface area contributed by atoms with Crippen LogP contribution >= 0.6 is 0 Å². The van der Waals surface area contributed by atoms with Gasteiger partial charge in [0.1, 0.15) is 5.82 Å². The summed E-state index contributed by atoms with van der Waals surface area (Å²) >= 11 is 0. The average molecular weight is 422 g/mol. The van der Waals surface area contributed by atoms with Gasteiger partial charge in [-0.05, 0) is 32.0 Å². The van der Waals surface area contributed by atoms with Crippen LogP contribution in [-0.4, -0.2) is 61.2 Å². The molecule has 0 aliphatic carbocycles. The molecule has 1 aliphatic heterocycles. The second-order valence-electron chi connectivity index (χ2n) is 7.79. The molecule has 1 fully saturated rings. The summed E-state index contributed by atoms with van der Waals surface area (Å²) in [6, 6.07) is 9.54. The van der Waals surface area contributed by atoms with Crippen molar-refractivity contribution < 1.29 is 14.3 Å². The molecule has 1 saturated heterocycles. The van der Waals surface area contributed by atoms with E-state index in [0.29, 0.717) is 60.3 Å². The van der Waals surface area contributed by atoms with E-state index in [1.54, 1.807) is 26.4 Å². The number of ether oxygens (including phenoxy) is 2. The quantitative estimate of drug-likeness (QED) is 0.692. The number of carbonyl (C=O) groups excluding carboxylic acids is 1. The predicted molar refractivity (Wildman–Crippen MR) is 121 cm³/mol. The Kier molecular flexibility index (Phi) is 5.54. The van der Waals surface area contributed by atoms with Crippen LogP contribution in [0.2, 0.25) is 0 Å². The Morgan fingerprint density at radius 3 is 2.13 bits per heavy atom. The molecule has 31 heavy (non-hydrogen) atoms. The van der Waals surface area contributed by atoms with Crippen LogP contribution in [0.25, 0.3) is 10.9 Å². The van der Waals surface area contributed by atoms with E-state index in [-0.39, 0.29) is 5.91 Å². The van der Waals surface area contributed by atoms with Gasteiger partial charge in [0.05, 0.1) is 19.7 Å². The third-order valence-electron chi connectivity index (χ3n) is 5.54. The molecule has 2 aromatic carbocycles. The van der Waals surface area contributed by atoms with Gasteiger partial charge < -0.3 is 25.0 Å². The lowest BCUT2D eigenvalue weighted by Crippen LogP contribution is -2.49. The average Bonchev–Trinajstić information content (AvgIpc) is 2.77.